The summed E-state index contributed by atoms with van der Waals surface area (Å²) < 4.78 is 11.5. The van der Waals surface area contributed by atoms with Gasteiger partial charge < -0.3 is 14.8 Å². The number of hydrogen-bond donors (Lipinski definition) is 2. The van der Waals surface area contributed by atoms with Crippen molar-refractivity contribution in [2.24, 2.45) is 5.10 Å². The van der Waals surface area contributed by atoms with Gasteiger partial charge in [0.15, 0.2) is 10.9 Å². The van der Waals surface area contributed by atoms with Gasteiger partial charge in [0.1, 0.15) is 19.0 Å². The zero-order valence-corrected chi connectivity index (χ0v) is 22.3. The van der Waals surface area contributed by atoms with Crippen molar-refractivity contribution in [1.82, 2.24) is 10.7 Å². The summed E-state index contributed by atoms with van der Waals surface area (Å²) in [6, 6.07) is 21.5. The highest BCUT2D eigenvalue weighted by Crippen LogP contribution is 2.34. The van der Waals surface area contributed by atoms with Crippen molar-refractivity contribution in [3.05, 3.63) is 93.5 Å². The molecule has 0 unspecified atom stereocenters. The Hall–Kier alpha value is -2.80. The second-order valence-electron chi connectivity index (χ2n) is 8.82. The normalized spacial score (nSPS) is 11.3. The second-order valence-corrected chi connectivity index (χ2v) is 10.0. The number of ether oxygens (including phenoxy) is 2. The molecule has 0 aliphatic carbocycles. The first-order chi connectivity index (χ1) is 16.7. The zero-order chi connectivity index (χ0) is 25.3. The van der Waals surface area contributed by atoms with Crippen LogP contribution in [0.15, 0.2) is 71.8 Å². The number of nitrogens with one attached hydrogen (secondary N) is 2. The highest BCUT2D eigenvalue weighted by molar-refractivity contribution is 7.80. The van der Waals surface area contributed by atoms with Crippen LogP contribution in [-0.2, 0) is 12.0 Å². The van der Waals surface area contributed by atoms with Gasteiger partial charge in [0, 0.05) is 6.54 Å². The van der Waals surface area contributed by atoms with Crippen molar-refractivity contribution in [2.45, 2.75) is 32.7 Å². The minimum Gasteiger partial charge on any atom is -0.490 e. The molecule has 0 saturated carbocycles. The van der Waals surface area contributed by atoms with Gasteiger partial charge in [-0.2, -0.15) is 5.10 Å². The number of halogens is 2. The van der Waals surface area contributed by atoms with Crippen molar-refractivity contribution in [3.63, 3.8) is 0 Å². The summed E-state index contributed by atoms with van der Waals surface area (Å²) >= 11 is 18.0. The van der Waals surface area contributed by atoms with Crippen LogP contribution in [0, 0.1) is 0 Å². The number of nitrogens with zero attached hydrogens (tertiary/aromatic N) is 1. The van der Waals surface area contributed by atoms with Crippen LogP contribution in [0.3, 0.4) is 0 Å². The van der Waals surface area contributed by atoms with Crippen LogP contribution in [0.2, 0.25) is 10.0 Å². The quantitative estimate of drug-likeness (QED) is 0.139. The van der Waals surface area contributed by atoms with E-state index in [-0.39, 0.29) is 5.41 Å². The maximum absolute atomic E-state index is 6.38. The van der Waals surface area contributed by atoms with E-state index in [1.165, 1.54) is 5.56 Å². The Bertz CT molecular complexity index is 1120. The van der Waals surface area contributed by atoms with Gasteiger partial charge >= 0.3 is 0 Å². The fourth-order valence-corrected chi connectivity index (χ4v) is 3.87. The summed E-state index contributed by atoms with van der Waals surface area (Å²) in [7, 11) is 0. The molecule has 0 aromatic heterocycles. The van der Waals surface area contributed by atoms with E-state index in [1.54, 1.807) is 18.3 Å². The first-order valence-corrected chi connectivity index (χ1v) is 12.3. The average Bonchev–Trinajstić information content (AvgIpc) is 2.82. The Kier molecular flexibility index (Phi) is 9.78. The third-order valence-electron chi connectivity index (χ3n) is 5.02. The van der Waals surface area contributed by atoms with Gasteiger partial charge in [-0.15, -0.1) is 0 Å². The summed E-state index contributed by atoms with van der Waals surface area (Å²) in [4.78, 5) is 0. The molecule has 0 bridgehead atoms. The van der Waals surface area contributed by atoms with E-state index < -0.39 is 0 Å². The fourth-order valence-electron chi connectivity index (χ4n) is 3.13. The molecule has 0 saturated heterocycles. The molecule has 2 N–H and O–H groups in total. The van der Waals surface area contributed by atoms with Crippen LogP contribution in [-0.4, -0.2) is 24.5 Å². The lowest BCUT2D eigenvalue weighted by Gasteiger charge is -2.19. The van der Waals surface area contributed by atoms with E-state index in [0.717, 1.165) is 11.3 Å². The van der Waals surface area contributed by atoms with Crippen molar-refractivity contribution in [2.75, 3.05) is 13.2 Å². The number of hydrogen-bond acceptors (Lipinski definition) is 4. The molecule has 8 heteroatoms. The molecular formula is C27H29Cl2N3O2S. The highest BCUT2D eigenvalue weighted by atomic mass is 35.5. The van der Waals surface area contributed by atoms with Crippen LogP contribution in [0.25, 0.3) is 0 Å². The minimum atomic E-state index is 0.104. The van der Waals surface area contributed by atoms with Crippen LogP contribution < -0.4 is 20.2 Å². The van der Waals surface area contributed by atoms with Crippen LogP contribution in [0.4, 0.5) is 0 Å². The largest absolute Gasteiger partial charge is 0.490 e. The molecule has 3 aromatic rings. The molecule has 0 spiro atoms. The van der Waals surface area contributed by atoms with Crippen molar-refractivity contribution in [1.29, 1.82) is 0 Å². The number of rotatable bonds is 9. The standard InChI is InChI=1S/C27H29Cl2N3O2S/c1-27(2,3)21-9-11-22(12-10-21)33-13-14-34-25-23(28)15-20(16-24(25)29)18-31-32-26(35)30-17-19-7-5-4-6-8-19/h4-12,15-16,18H,13-14,17H2,1-3H3,(H2,30,32,35). The monoisotopic (exact) mass is 529 g/mol. The molecule has 35 heavy (non-hydrogen) atoms. The lowest BCUT2D eigenvalue weighted by Crippen LogP contribution is -2.31. The van der Waals surface area contributed by atoms with Crippen molar-refractivity contribution < 1.29 is 9.47 Å². The van der Waals surface area contributed by atoms with Gasteiger partial charge in [-0.05, 0) is 58.6 Å². The molecule has 0 radical (unpaired) electrons. The molecular weight excluding hydrogens is 501 g/mol. The number of thiocarbonyl (C=S) groups is 1. The molecule has 3 aromatic carbocycles. The maximum Gasteiger partial charge on any atom is 0.187 e. The summed E-state index contributed by atoms with van der Waals surface area (Å²) in [6.07, 6.45) is 1.59. The predicted octanol–water partition coefficient (Wildman–Crippen LogP) is 6.75. The molecule has 0 atom stereocenters. The maximum atomic E-state index is 6.38. The van der Waals surface area contributed by atoms with Crippen LogP contribution in [0.1, 0.15) is 37.5 Å². The minimum absolute atomic E-state index is 0.104. The van der Waals surface area contributed by atoms with E-state index in [2.05, 4.69) is 48.7 Å². The molecule has 5 nitrogen and oxygen atoms in total. The molecule has 0 amide bonds. The molecule has 0 heterocycles. The van der Waals surface area contributed by atoms with E-state index >= 15 is 0 Å². The third kappa shape index (κ3) is 8.73. The Labute approximate surface area is 222 Å². The van der Waals surface area contributed by atoms with Gasteiger partial charge in [-0.1, -0.05) is 86.4 Å². The number of hydrazone groups is 1. The summed E-state index contributed by atoms with van der Waals surface area (Å²) in [5.74, 6) is 1.19. The van der Waals surface area contributed by atoms with Crippen molar-refractivity contribution >= 4 is 46.7 Å². The topological polar surface area (TPSA) is 54.9 Å². The van der Waals surface area contributed by atoms with Gasteiger partial charge in [-0.3, -0.25) is 5.43 Å². The van der Waals surface area contributed by atoms with Gasteiger partial charge in [-0.25, -0.2) is 0 Å². The Morgan fingerprint density at radius 3 is 2.20 bits per heavy atom. The van der Waals surface area contributed by atoms with E-state index in [0.29, 0.717) is 46.2 Å². The summed E-state index contributed by atoms with van der Waals surface area (Å²) in [5, 5.41) is 8.42. The smallest absolute Gasteiger partial charge is 0.187 e. The summed E-state index contributed by atoms with van der Waals surface area (Å²) in [5.41, 5.74) is 5.97. The van der Waals surface area contributed by atoms with Crippen LogP contribution >= 0.6 is 35.4 Å². The fraction of sp³-hybridized carbons (Fsp3) is 0.259. The molecule has 0 aliphatic rings. The second kappa shape index (κ2) is 12.8. The first-order valence-electron chi connectivity index (χ1n) is 11.2. The lowest BCUT2D eigenvalue weighted by atomic mass is 9.87. The SMILES string of the molecule is CC(C)(C)c1ccc(OCCOc2c(Cl)cc(C=NNC(=S)NCc3ccccc3)cc2Cl)cc1. The van der Waals surface area contributed by atoms with E-state index in [1.807, 2.05) is 42.5 Å². The highest BCUT2D eigenvalue weighted by Gasteiger charge is 2.13. The average molecular weight is 531 g/mol. The van der Waals surface area contributed by atoms with E-state index in [4.69, 9.17) is 44.9 Å². The molecule has 3 rings (SSSR count). The third-order valence-corrected chi connectivity index (χ3v) is 5.81. The number of benzene rings is 3. The summed E-state index contributed by atoms with van der Waals surface area (Å²) in [6.45, 7) is 7.81. The van der Waals surface area contributed by atoms with Gasteiger partial charge in [0.05, 0.1) is 16.3 Å². The van der Waals surface area contributed by atoms with Crippen molar-refractivity contribution in [3.8, 4) is 11.5 Å². The molecule has 0 fully saturated rings. The van der Waals surface area contributed by atoms with Gasteiger partial charge in [0.2, 0.25) is 0 Å². The first kappa shape index (κ1) is 26.8. The Morgan fingerprint density at radius 1 is 0.943 bits per heavy atom. The zero-order valence-electron chi connectivity index (χ0n) is 20.0. The predicted molar refractivity (Wildman–Crippen MR) is 149 cm³/mol. The molecule has 0 aliphatic heterocycles. The molecule has 184 valence electrons. The Balaban J connectivity index is 1.45. The van der Waals surface area contributed by atoms with Gasteiger partial charge in [0.25, 0.3) is 0 Å². The Morgan fingerprint density at radius 2 is 1.57 bits per heavy atom. The lowest BCUT2D eigenvalue weighted by molar-refractivity contribution is 0.217. The van der Waals surface area contributed by atoms with Crippen LogP contribution in [0.5, 0.6) is 11.5 Å². The van der Waals surface area contributed by atoms with E-state index in [9.17, 15) is 0 Å².